The van der Waals surface area contributed by atoms with E-state index >= 15 is 0 Å². The van der Waals surface area contributed by atoms with E-state index in [4.69, 9.17) is 21.1 Å². The fraction of sp³-hybridized carbons (Fsp3) is 0.250. The van der Waals surface area contributed by atoms with Crippen LogP contribution < -0.4 is 14.8 Å². The van der Waals surface area contributed by atoms with Gasteiger partial charge in [-0.25, -0.2) is 23.5 Å². The summed E-state index contributed by atoms with van der Waals surface area (Å²) in [5.74, 6) is -2.68. The van der Waals surface area contributed by atoms with Gasteiger partial charge in [-0.15, -0.1) is 0 Å². The highest BCUT2D eigenvalue weighted by Crippen LogP contribution is 2.37. The molecule has 4 rings (SSSR count). The Labute approximate surface area is 209 Å². The van der Waals surface area contributed by atoms with Gasteiger partial charge >= 0.3 is 5.97 Å². The molecule has 2 N–H and O–H groups in total. The van der Waals surface area contributed by atoms with E-state index in [0.717, 1.165) is 12.1 Å². The number of amides is 1. The summed E-state index contributed by atoms with van der Waals surface area (Å²) in [6.07, 6.45) is 2.22. The molecule has 1 fully saturated rings. The maximum Gasteiger partial charge on any atom is 0.326 e. The monoisotopic (exact) mass is 518 g/mol. The van der Waals surface area contributed by atoms with E-state index in [1.165, 1.54) is 24.4 Å². The number of methoxy groups -OCH3 is 1. The lowest BCUT2D eigenvalue weighted by Gasteiger charge is -2.36. The van der Waals surface area contributed by atoms with E-state index in [1.54, 1.807) is 12.1 Å². The van der Waals surface area contributed by atoms with E-state index in [9.17, 15) is 23.5 Å². The number of aliphatic carboxylic acids is 1. The normalized spacial score (nSPS) is 17.5. The van der Waals surface area contributed by atoms with Crippen LogP contribution in [0.3, 0.4) is 0 Å². The van der Waals surface area contributed by atoms with Crippen LogP contribution in [0.1, 0.15) is 12.8 Å². The van der Waals surface area contributed by atoms with Gasteiger partial charge in [0.05, 0.1) is 18.3 Å². The molecule has 1 saturated heterocycles. The first kappa shape index (κ1) is 25.1. The number of piperidine rings is 1. The smallest absolute Gasteiger partial charge is 0.326 e. The minimum atomic E-state index is -1.15. The predicted molar refractivity (Wildman–Crippen MR) is 128 cm³/mol. The zero-order valence-corrected chi connectivity index (χ0v) is 19.8. The molecule has 1 aliphatic rings. The second kappa shape index (κ2) is 10.3. The molecular weight excluding hydrogens is 498 g/mol. The van der Waals surface area contributed by atoms with Gasteiger partial charge in [0, 0.05) is 30.8 Å². The number of carboxylic acids is 1. The van der Waals surface area contributed by atoms with E-state index in [1.807, 2.05) is 0 Å². The number of carbonyl (C=O) groups is 2. The molecule has 188 valence electrons. The van der Waals surface area contributed by atoms with Gasteiger partial charge in [-0.3, -0.25) is 4.79 Å². The first-order chi connectivity index (χ1) is 17.2. The van der Waals surface area contributed by atoms with Crippen LogP contribution in [0.5, 0.6) is 11.5 Å². The van der Waals surface area contributed by atoms with E-state index in [-0.39, 0.29) is 30.2 Å². The molecule has 9 nitrogen and oxygen atoms in total. The number of carboxylic acid groups (broad SMARTS) is 1. The number of benzene rings is 2. The van der Waals surface area contributed by atoms with Crippen molar-refractivity contribution in [3.63, 3.8) is 0 Å². The summed E-state index contributed by atoms with van der Waals surface area (Å²) < 4.78 is 39.6. The van der Waals surface area contributed by atoms with Crippen molar-refractivity contribution in [2.75, 3.05) is 19.0 Å². The van der Waals surface area contributed by atoms with Crippen molar-refractivity contribution >= 4 is 45.9 Å². The zero-order chi connectivity index (χ0) is 26.0. The molecule has 1 aromatic heterocycles. The van der Waals surface area contributed by atoms with Crippen molar-refractivity contribution in [3.8, 4) is 11.5 Å². The highest BCUT2D eigenvalue weighted by Gasteiger charge is 2.36. The summed E-state index contributed by atoms with van der Waals surface area (Å²) in [7, 11) is 1.44. The Morgan fingerprint density at radius 1 is 1.28 bits per heavy atom. The molecule has 2 heterocycles. The van der Waals surface area contributed by atoms with E-state index < -0.39 is 40.7 Å². The van der Waals surface area contributed by atoms with E-state index in [2.05, 4.69) is 21.9 Å². The van der Waals surface area contributed by atoms with Crippen molar-refractivity contribution < 1.29 is 33.0 Å². The lowest BCUT2D eigenvalue weighted by Crippen LogP contribution is -2.51. The number of nitrogens with one attached hydrogen (secondary N) is 1. The van der Waals surface area contributed by atoms with Gasteiger partial charge in [0.15, 0.2) is 17.3 Å². The van der Waals surface area contributed by atoms with Crippen LogP contribution in [0.15, 0.2) is 43.2 Å². The number of rotatable bonds is 7. The van der Waals surface area contributed by atoms with Crippen molar-refractivity contribution in [3.05, 3.63) is 59.9 Å². The number of hydrogen-bond donors (Lipinski definition) is 2. The van der Waals surface area contributed by atoms with Gasteiger partial charge in [-0.1, -0.05) is 18.2 Å². The summed E-state index contributed by atoms with van der Waals surface area (Å²) in [5.41, 5.74) is 0.350. The number of hydrogen-bond acceptors (Lipinski definition) is 7. The summed E-state index contributed by atoms with van der Waals surface area (Å²) >= 11 is 5.68. The molecule has 12 heteroatoms. The van der Waals surface area contributed by atoms with Gasteiger partial charge < -0.3 is 24.8 Å². The summed E-state index contributed by atoms with van der Waals surface area (Å²) in [4.78, 5) is 33.4. The average molecular weight is 519 g/mol. The average Bonchev–Trinajstić information content (AvgIpc) is 2.88. The van der Waals surface area contributed by atoms with Gasteiger partial charge in [-0.05, 0) is 24.3 Å². The molecule has 0 bridgehead atoms. The van der Waals surface area contributed by atoms with Crippen molar-refractivity contribution in [2.45, 2.75) is 25.0 Å². The van der Waals surface area contributed by atoms with Crippen LogP contribution in [-0.4, -0.2) is 57.7 Å². The lowest BCUT2D eigenvalue weighted by atomic mass is 9.99. The van der Waals surface area contributed by atoms with Crippen LogP contribution in [0, 0.1) is 11.6 Å². The number of carbonyl (C=O) groups excluding carboxylic acids is 1. The Morgan fingerprint density at radius 3 is 2.75 bits per heavy atom. The Bertz CT molecular complexity index is 1360. The quantitative estimate of drug-likeness (QED) is 0.351. The SMILES string of the molecule is C=CC(=O)N1CCC(Oc2cc3c(Nc4ccc(F)c(Cl)c4F)ncnc3cc2OC)CC1C(=O)O. The molecule has 2 aromatic carbocycles. The van der Waals surface area contributed by atoms with Crippen molar-refractivity contribution in [1.29, 1.82) is 0 Å². The van der Waals surface area contributed by atoms with Gasteiger partial charge in [0.2, 0.25) is 5.91 Å². The number of aromatic nitrogens is 2. The number of nitrogens with zero attached hydrogens (tertiary/aromatic N) is 3. The zero-order valence-electron chi connectivity index (χ0n) is 19.0. The number of ether oxygens (including phenoxy) is 2. The fourth-order valence-electron chi connectivity index (χ4n) is 4.00. The highest BCUT2D eigenvalue weighted by atomic mass is 35.5. The Hall–Kier alpha value is -3.99. The topological polar surface area (TPSA) is 114 Å². The second-order valence-electron chi connectivity index (χ2n) is 7.94. The van der Waals surface area contributed by atoms with Crippen LogP contribution in [0.4, 0.5) is 20.3 Å². The van der Waals surface area contributed by atoms with E-state index in [0.29, 0.717) is 23.1 Å². The van der Waals surface area contributed by atoms with Crippen molar-refractivity contribution in [1.82, 2.24) is 14.9 Å². The minimum Gasteiger partial charge on any atom is -0.493 e. The molecule has 1 amide bonds. The standard InChI is InChI=1S/C24H21ClF2N4O5/c1-3-20(32)31-7-6-12(8-17(31)24(33)34)36-19-9-13-16(10-18(19)35-2)28-11-29-23(13)30-15-5-4-14(26)21(25)22(15)27/h3-5,9-12,17H,1,6-8H2,2H3,(H,33,34)(H,28,29,30). The van der Waals surface area contributed by atoms with Crippen LogP contribution in [-0.2, 0) is 9.59 Å². The Balaban J connectivity index is 1.66. The Morgan fingerprint density at radius 2 is 2.06 bits per heavy atom. The maximum atomic E-state index is 14.5. The van der Waals surface area contributed by atoms with Crippen LogP contribution in [0.25, 0.3) is 10.9 Å². The van der Waals surface area contributed by atoms with Gasteiger partial charge in [0.25, 0.3) is 0 Å². The largest absolute Gasteiger partial charge is 0.493 e. The third kappa shape index (κ3) is 4.87. The molecule has 36 heavy (non-hydrogen) atoms. The molecule has 0 saturated carbocycles. The predicted octanol–water partition coefficient (Wildman–Crippen LogP) is 4.32. The molecule has 0 spiro atoms. The molecule has 2 atom stereocenters. The van der Waals surface area contributed by atoms with Gasteiger partial charge in [-0.2, -0.15) is 0 Å². The third-order valence-corrected chi connectivity index (χ3v) is 6.15. The van der Waals surface area contributed by atoms with Gasteiger partial charge in [0.1, 0.15) is 35.1 Å². The maximum absolute atomic E-state index is 14.5. The first-order valence-electron chi connectivity index (χ1n) is 10.8. The number of likely N-dealkylation sites (tertiary alicyclic amines) is 1. The second-order valence-corrected chi connectivity index (χ2v) is 8.32. The first-order valence-corrected chi connectivity index (χ1v) is 11.2. The van der Waals surface area contributed by atoms with Crippen LogP contribution >= 0.6 is 11.6 Å². The summed E-state index contributed by atoms with van der Waals surface area (Å²) in [6.45, 7) is 3.59. The Kier molecular flexibility index (Phi) is 7.20. The molecular formula is C24H21ClF2N4O5. The highest BCUT2D eigenvalue weighted by molar-refractivity contribution is 6.31. The summed E-state index contributed by atoms with van der Waals surface area (Å²) in [6, 6.07) is 4.31. The molecule has 0 aliphatic carbocycles. The molecule has 3 aromatic rings. The summed E-state index contributed by atoms with van der Waals surface area (Å²) in [5, 5.41) is 12.2. The number of fused-ring (bicyclic) bond motifs is 1. The number of halogens is 3. The lowest BCUT2D eigenvalue weighted by molar-refractivity contribution is -0.152. The molecule has 1 aliphatic heterocycles. The minimum absolute atomic E-state index is 0.0474. The molecule has 2 unspecified atom stereocenters. The number of anilines is 2. The fourth-order valence-corrected chi connectivity index (χ4v) is 4.16. The molecule has 0 radical (unpaired) electrons. The van der Waals surface area contributed by atoms with Crippen LogP contribution in [0.2, 0.25) is 5.02 Å². The van der Waals surface area contributed by atoms with Crippen molar-refractivity contribution in [2.24, 2.45) is 0 Å². The third-order valence-electron chi connectivity index (χ3n) is 5.80.